The quantitative estimate of drug-likeness (QED) is 0.621. The number of aryl methyl sites for hydroxylation is 1. The Morgan fingerprint density at radius 1 is 1.22 bits per heavy atom. The van der Waals surface area contributed by atoms with Crippen molar-refractivity contribution in [3.05, 3.63) is 62.9 Å². The van der Waals surface area contributed by atoms with Crippen molar-refractivity contribution < 1.29 is 13.2 Å². The first kappa shape index (κ1) is 19.4. The molecular formula is C18H23N3O5S. The first-order chi connectivity index (χ1) is 12.9. The number of rotatable bonds is 10. The second kappa shape index (κ2) is 8.53. The van der Waals surface area contributed by atoms with Gasteiger partial charge in [0.25, 0.3) is 5.56 Å². The maximum atomic E-state index is 12.2. The van der Waals surface area contributed by atoms with E-state index in [1.807, 2.05) is 24.3 Å². The van der Waals surface area contributed by atoms with Crippen LogP contribution in [-0.4, -0.2) is 30.3 Å². The molecule has 0 amide bonds. The number of hydrogen-bond acceptors (Lipinski definition) is 5. The molecule has 146 valence electrons. The minimum Gasteiger partial charge on any atom is -0.493 e. The Labute approximate surface area is 157 Å². The standard InChI is InChI=1S/C18H23N3O5S/c22-17-7-9-21(18(23)20-17)8-2-10-27(24,25)19-12-15-3-1-4-16(11-15)26-13-14-5-6-14/h1,3-4,7,9,11,14,19H,2,5-6,8,10,12-13H2,(H,20,22,23). The van der Waals surface area contributed by atoms with Crippen LogP contribution in [-0.2, 0) is 23.1 Å². The molecule has 8 nitrogen and oxygen atoms in total. The van der Waals surface area contributed by atoms with Crippen molar-refractivity contribution in [2.24, 2.45) is 5.92 Å². The first-order valence-corrected chi connectivity index (χ1v) is 10.6. The lowest BCUT2D eigenvalue weighted by Crippen LogP contribution is -2.30. The molecule has 0 saturated heterocycles. The van der Waals surface area contributed by atoms with E-state index >= 15 is 0 Å². The fraction of sp³-hybridized carbons (Fsp3) is 0.444. The lowest BCUT2D eigenvalue weighted by Gasteiger charge is -2.10. The third kappa shape index (κ3) is 6.37. The van der Waals surface area contributed by atoms with Crippen LogP contribution in [0.25, 0.3) is 0 Å². The molecule has 1 aliphatic rings. The summed E-state index contributed by atoms with van der Waals surface area (Å²) in [5.41, 5.74) is -0.200. The highest BCUT2D eigenvalue weighted by Gasteiger charge is 2.21. The summed E-state index contributed by atoms with van der Waals surface area (Å²) < 4.78 is 33.8. The zero-order valence-corrected chi connectivity index (χ0v) is 15.7. The van der Waals surface area contributed by atoms with Crippen molar-refractivity contribution in [3.8, 4) is 5.75 Å². The molecule has 3 rings (SSSR count). The fourth-order valence-electron chi connectivity index (χ4n) is 2.55. The van der Waals surface area contributed by atoms with Crippen LogP contribution in [0.5, 0.6) is 5.75 Å². The van der Waals surface area contributed by atoms with Crippen molar-refractivity contribution in [2.75, 3.05) is 12.4 Å². The van der Waals surface area contributed by atoms with E-state index in [2.05, 4.69) is 9.71 Å². The molecule has 1 aromatic heterocycles. The summed E-state index contributed by atoms with van der Waals surface area (Å²) in [6.07, 6.45) is 4.04. The zero-order valence-electron chi connectivity index (χ0n) is 14.9. The van der Waals surface area contributed by atoms with Crippen LogP contribution in [0.2, 0.25) is 0 Å². The molecule has 27 heavy (non-hydrogen) atoms. The van der Waals surface area contributed by atoms with Crippen molar-refractivity contribution >= 4 is 10.0 Å². The number of ether oxygens (including phenoxy) is 1. The largest absolute Gasteiger partial charge is 0.493 e. The van der Waals surface area contributed by atoms with Crippen LogP contribution in [0.3, 0.4) is 0 Å². The Balaban J connectivity index is 1.47. The van der Waals surface area contributed by atoms with Crippen molar-refractivity contribution in [1.29, 1.82) is 0 Å². The molecule has 0 spiro atoms. The third-order valence-electron chi connectivity index (χ3n) is 4.29. The van der Waals surface area contributed by atoms with Gasteiger partial charge in [-0.2, -0.15) is 0 Å². The van der Waals surface area contributed by atoms with E-state index in [1.54, 1.807) is 0 Å². The second-order valence-corrected chi connectivity index (χ2v) is 8.63. The molecule has 0 atom stereocenters. The highest BCUT2D eigenvalue weighted by molar-refractivity contribution is 7.89. The van der Waals surface area contributed by atoms with E-state index in [0.29, 0.717) is 12.5 Å². The molecule has 1 fully saturated rings. The highest BCUT2D eigenvalue weighted by Crippen LogP contribution is 2.29. The smallest absolute Gasteiger partial charge is 0.328 e. The van der Waals surface area contributed by atoms with Crippen LogP contribution >= 0.6 is 0 Å². The molecule has 9 heteroatoms. The average Bonchev–Trinajstić information content (AvgIpc) is 3.45. The van der Waals surface area contributed by atoms with Gasteiger partial charge in [-0.3, -0.25) is 9.78 Å². The van der Waals surface area contributed by atoms with Crippen LogP contribution in [0.15, 0.2) is 46.1 Å². The van der Waals surface area contributed by atoms with E-state index in [9.17, 15) is 18.0 Å². The molecule has 0 aliphatic heterocycles. The average molecular weight is 393 g/mol. The minimum absolute atomic E-state index is 0.115. The maximum Gasteiger partial charge on any atom is 0.328 e. The molecule has 1 aromatic carbocycles. The molecule has 1 aliphatic carbocycles. The van der Waals surface area contributed by atoms with Crippen molar-refractivity contribution in [2.45, 2.75) is 32.4 Å². The second-order valence-electron chi connectivity index (χ2n) is 6.70. The number of H-pyrrole nitrogens is 1. The third-order valence-corrected chi connectivity index (χ3v) is 5.70. The number of hydrogen-bond donors (Lipinski definition) is 2. The van der Waals surface area contributed by atoms with Gasteiger partial charge in [-0.25, -0.2) is 17.9 Å². The number of benzene rings is 1. The maximum absolute atomic E-state index is 12.2. The molecule has 1 saturated carbocycles. The first-order valence-electron chi connectivity index (χ1n) is 8.90. The molecule has 2 N–H and O–H groups in total. The van der Waals surface area contributed by atoms with Crippen molar-refractivity contribution in [3.63, 3.8) is 0 Å². The van der Waals surface area contributed by atoms with Crippen LogP contribution in [0.4, 0.5) is 0 Å². The number of aromatic nitrogens is 2. The minimum atomic E-state index is -3.48. The van der Waals surface area contributed by atoms with E-state index in [4.69, 9.17) is 4.74 Å². The normalized spacial score (nSPS) is 14.2. The van der Waals surface area contributed by atoms with Gasteiger partial charge in [0.2, 0.25) is 10.0 Å². The topological polar surface area (TPSA) is 110 Å². The highest BCUT2D eigenvalue weighted by atomic mass is 32.2. The van der Waals surface area contributed by atoms with Crippen LogP contribution < -0.4 is 20.7 Å². The van der Waals surface area contributed by atoms with E-state index in [0.717, 1.165) is 11.3 Å². The van der Waals surface area contributed by atoms with E-state index < -0.39 is 21.3 Å². The fourth-order valence-corrected chi connectivity index (χ4v) is 3.59. The Morgan fingerprint density at radius 2 is 2.04 bits per heavy atom. The van der Waals surface area contributed by atoms with Crippen LogP contribution in [0.1, 0.15) is 24.8 Å². The summed E-state index contributed by atoms with van der Waals surface area (Å²) in [7, 11) is -3.48. The summed E-state index contributed by atoms with van der Waals surface area (Å²) in [5, 5.41) is 0. The van der Waals surface area contributed by atoms with Crippen molar-refractivity contribution in [1.82, 2.24) is 14.3 Å². The van der Waals surface area contributed by atoms with Gasteiger partial charge in [0.1, 0.15) is 5.75 Å². The van der Waals surface area contributed by atoms with Gasteiger partial charge in [-0.1, -0.05) is 12.1 Å². The Kier molecular flexibility index (Phi) is 6.12. The molecule has 0 radical (unpaired) electrons. The van der Waals surface area contributed by atoms with Gasteiger partial charge in [0.15, 0.2) is 0 Å². The monoisotopic (exact) mass is 393 g/mol. The number of sulfonamides is 1. The number of nitrogens with zero attached hydrogens (tertiary/aromatic N) is 1. The summed E-state index contributed by atoms with van der Waals surface area (Å²) >= 11 is 0. The Morgan fingerprint density at radius 3 is 2.78 bits per heavy atom. The predicted molar refractivity (Wildman–Crippen MR) is 101 cm³/mol. The molecular weight excluding hydrogens is 370 g/mol. The van der Waals surface area contributed by atoms with Crippen LogP contribution in [0, 0.1) is 5.92 Å². The number of aromatic amines is 1. The van der Waals surface area contributed by atoms with Gasteiger partial charge < -0.3 is 9.30 Å². The van der Waals surface area contributed by atoms with E-state index in [1.165, 1.54) is 29.7 Å². The Bertz CT molecular complexity index is 992. The van der Waals surface area contributed by atoms with Gasteiger partial charge in [0.05, 0.1) is 12.4 Å². The van der Waals surface area contributed by atoms with Gasteiger partial charge in [-0.15, -0.1) is 0 Å². The van der Waals surface area contributed by atoms with Gasteiger partial charge >= 0.3 is 5.69 Å². The molecule has 0 bridgehead atoms. The lowest BCUT2D eigenvalue weighted by atomic mass is 10.2. The van der Waals surface area contributed by atoms with Gasteiger partial charge in [-0.05, 0) is 42.9 Å². The molecule has 0 unspecified atom stereocenters. The summed E-state index contributed by atoms with van der Waals surface area (Å²) in [5.74, 6) is 1.29. The summed E-state index contributed by atoms with van der Waals surface area (Å²) in [6, 6.07) is 8.61. The van der Waals surface area contributed by atoms with Gasteiger partial charge in [0, 0.05) is 25.4 Å². The molecule has 1 heterocycles. The zero-order chi connectivity index (χ0) is 19.3. The van der Waals surface area contributed by atoms with E-state index in [-0.39, 0.29) is 25.3 Å². The lowest BCUT2D eigenvalue weighted by molar-refractivity contribution is 0.299. The Hall–Kier alpha value is -2.39. The summed E-state index contributed by atoms with van der Waals surface area (Å²) in [4.78, 5) is 24.7. The molecule has 2 aromatic rings. The predicted octanol–water partition coefficient (Wildman–Crippen LogP) is 0.835. The SMILES string of the molecule is O=c1ccn(CCCS(=O)(=O)NCc2cccc(OCC3CC3)c2)c(=O)[nH]1. The summed E-state index contributed by atoms with van der Waals surface area (Å²) in [6.45, 7) is 1.10. The number of nitrogens with one attached hydrogen (secondary N) is 2.